The summed E-state index contributed by atoms with van der Waals surface area (Å²) >= 11 is 0. The standard InChI is InChI=1S/C9H18N2O2/c1-7(12)5-11-9(13)8-3-2-4-10-6-8/h7-8,10,12H,2-6H2,1H3,(H,11,13)/t7-,8?/m1/s1. The van der Waals surface area contributed by atoms with Crippen molar-refractivity contribution in [1.82, 2.24) is 10.6 Å². The van der Waals surface area contributed by atoms with E-state index in [2.05, 4.69) is 10.6 Å². The van der Waals surface area contributed by atoms with Gasteiger partial charge in [0.25, 0.3) is 0 Å². The van der Waals surface area contributed by atoms with Crippen molar-refractivity contribution in [2.24, 2.45) is 5.92 Å². The van der Waals surface area contributed by atoms with Gasteiger partial charge in [0.2, 0.25) is 5.91 Å². The first kappa shape index (κ1) is 10.5. The van der Waals surface area contributed by atoms with Crippen molar-refractivity contribution in [2.75, 3.05) is 19.6 Å². The molecule has 0 bridgehead atoms. The molecule has 1 aliphatic heterocycles. The number of rotatable bonds is 3. The maximum absolute atomic E-state index is 11.4. The van der Waals surface area contributed by atoms with Crippen molar-refractivity contribution in [3.63, 3.8) is 0 Å². The van der Waals surface area contributed by atoms with Gasteiger partial charge < -0.3 is 15.7 Å². The van der Waals surface area contributed by atoms with E-state index in [1.807, 2.05) is 0 Å². The second kappa shape index (κ2) is 5.19. The molecule has 1 heterocycles. The van der Waals surface area contributed by atoms with Crippen LogP contribution in [-0.4, -0.2) is 36.8 Å². The lowest BCUT2D eigenvalue weighted by atomic mass is 9.99. The second-order valence-electron chi connectivity index (χ2n) is 3.64. The molecule has 1 aliphatic rings. The molecule has 1 fully saturated rings. The van der Waals surface area contributed by atoms with Crippen LogP contribution in [0.5, 0.6) is 0 Å². The molecule has 1 amide bonds. The first-order valence-corrected chi connectivity index (χ1v) is 4.86. The minimum atomic E-state index is -0.458. The molecule has 2 atom stereocenters. The molecule has 0 saturated carbocycles. The Hall–Kier alpha value is -0.610. The number of piperidine rings is 1. The highest BCUT2D eigenvalue weighted by Gasteiger charge is 2.20. The summed E-state index contributed by atoms with van der Waals surface area (Å²) in [6.07, 6.45) is 1.56. The third-order valence-electron chi connectivity index (χ3n) is 2.24. The molecular formula is C9H18N2O2. The van der Waals surface area contributed by atoms with E-state index in [0.29, 0.717) is 6.54 Å². The van der Waals surface area contributed by atoms with Gasteiger partial charge in [0, 0.05) is 13.1 Å². The molecule has 0 aromatic rings. The van der Waals surface area contributed by atoms with E-state index in [1.54, 1.807) is 6.92 Å². The van der Waals surface area contributed by atoms with E-state index in [-0.39, 0.29) is 11.8 Å². The summed E-state index contributed by atoms with van der Waals surface area (Å²) in [5.41, 5.74) is 0. The van der Waals surface area contributed by atoms with E-state index in [4.69, 9.17) is 5.11 Å². The lowest BCUT2D eigenvalue weighted by Crippen LogP contribution is -2.42. The Morgan fingerprint density at radius 2 is 2.54 bits per heavy atom. The Kier molecular flexibility index (Phi) is 4.18. The number of amides is 1. The molecule has 13 heavy (non-hydrogen) atoms. The fourth-order valence-electron chi connectivity index (χ4n) is 1.47. The number of carbonyl (C=O) groups is 1. The molecule has 76 valence electrons. The van der Waals surface area contributed by atoms with Crippen LogP contribution < -0.4 is 10.6 Å². The van der Waals surface area contributed by atoms with Gasteiger partial charge in [0.05, 0.1) is 12.0 Å². The molecule has 0 aromatic heterocycles. The second-order valence-corrected chi connectivity index (χ2v) is 3.64. The van der Waals surface area contributed by atoms with Crippen molar-refractivity contribution in [1.29, 1.82) is 0 Å². The molecule has 1 unspecified atom stereocenters. The average molecular weight is 186 g/mol. The van der Waals surface area contributed by atoms with Gasteiger partial charge in [-0.2, -0.15) is 0 Å². The largest absolute Gasteiger partial charge is 0.392 e. The highest BCUT2D eigenvalue weighted by atomic mass is 16.3. The predicted molar refractivity (Wildman–Crippen MR) is 50.3 cm³/mol. The summed E-state index contributed by atoms with van der Waals surface area (Å²) in [6, 6.07) is 0. The summed E-state index contributed by atoms with van der Waals surface area (Å²) < 4.78 is 0. The number of nitrogens with one attached hydrogen (secondary N) is 2. The van der Waals surface area contributed by atoms with Crippen LogP contribution in [0, 0.1) is 5.92 Å². The zero-order chi connectivity index (χ0) is 9.68. The Morgan fingerprint density at radius 1 is 1.77 bits per heavy atom. The van der Waals surface area contributed by atoms with Crippen LogP contribution in [0.1, 0.15) is 19.8 Å². The van der Waals surface area contributed by atoms with E-state index in [0.717, 1.165) is 25.9 Å². The van der Waals surface area contributed by atoms with Crippen LogP contribution in [0.25, 0.3) is 0 Å². The van der Waals surface area contributed by atoms with Crippen LogP contribution in [0.2, 0.25) is 0 Å². The van der Waals surface area contributed by atoms with Crippen LogP contribution in [0.15, 0.2) is 0 Å². The van der Waals surface area contributed by atoms with Gasteiger partial charge >= 0.3 is 0 Å². The molecule has 0 radical (unpaired) electrons. The number of hydrogen-bond acceptors (Lipinski definition) is 3. The highest BCUT2D eigenvalue weighted by Crippen LogP contribution is 2.09. The number of hydrogen-bond donors (Lipinski definition) is 3. The normalized spacial score (nSPS) is 25.2. The summed E-state index contributed by atoms with van der Waals surface area (Å²) in [4.78, 5) is 11.4. The number of aliphatic hydroxyl groups excluding tert-OH is 1. The van der Waals surface area contributed by atoms with Gasteiger partial charge in [-0.05, 0) is 26.3 Å². The van der Waals surface area contributed by atoms with Crippen molar-refractivity contribution in [2.45, 2.75) is 25.9 Å². The Balaban J connectivity index is 2.21. The number of aliphatic hydroxyl groups is 1. The SMILES string of the molecule is C[C@@H](O)CNC(=O)C1CCCNC1. The quantitative estimate of drug-likeness (QED) is 0.556. The van der Waals surface area contributed by atoms with Crippen LogP contribution in [-0.2, 0) is 4.79 Å². The molecule has 0 spiro atoms. The first-order chi connectivity index (χ1) is 6.20. The molecule has 0 aliphatic carbocycles. The summed E-state index contributed by atoms with van der Waals surface area (Å²) in [5.74, 6) is 0.153. The molecule has 0 aromatic carbocycles. The third-order valence-corrected chi connectivity index (χ3v) is 2.24. The first-order valence-electron chi connectivity index (χ1n) is 4.86. The molecule has 4 nitrogen and oxygen atoms in total. The van der Waals surface area contributed by atoms with Gasteiger partial charge in [-0.1, -0.05) is 0 Å². The molecule has 1 rings (SSSR count). The maximum Gasteiger partial charge on any atom is 0.224 e. The Labute approximate surface area is 78.7 Å². The van der Waals surface area contributed by atoms with Gasteiger partial charge in [-0.15, -0.1) is 0 Å². The van der Waals surface area contributed by atoms with Crippen molar-refractivity contribution < 1.29 is 9.90 Å². The highest BCUT2D eigenvalue weighted by molar-refractivity contribution is 5.78. The van der Waals surface area contributed by atoms with Crippen LogP contribution in [0.3, 0.4) is 0 Å². The average Bonchev–Trinajstić information content (AvgIpc) is 2.15. The van der Waals surface area contributed by atoms with Gasteiger partial charge in [0.1, 0.15) is 0 Å². The third kappa shape index (κ3) is 3.74. The minimum absolute atomic E-state index is 0.0631. The van der Waals surface area contributed by atoms with Gasteiger partial charge in [-0.3, -0.25) is 4.79 Å². The van der Waals surface area contributed by atoms with Crippen molar-refractivity contribution in [3.8, 4) is 0 Å². The molecule has 3 N–H and O–H groups in total. The zero-order valence-corrected chi connectivity index (χ0v) is 8.05. The fraction of sp³-hybridized carbons (Fsp3) is 0.889. The molecule has 4 heteroatoms. The minimum Gasteiger partial charge on any atom is -0.392 e. The Morgan fingerprint density at radius 3 is 3.08 bits per heavy atom. The van der Waals surface area contributed by atoms with Crippen molar-refractivity contribution in [3.05, 3.63) is 0 Å². The summed E-state index contributed by atoms with van der Waals surface area (Å²) in [7, 11) is 0. The van der Waals surface area contributed by atoms with Crippen LogP contribution in [0.4, 0.5) is 0 Å². The Bertz CT molecular complexity index is 165. The summed E-state index contributed by atoms with van der Waals surface area (Å²) in [6.45, 7) is 3.81. The zero-order valence-electron chi connectivity index (χ0n) is 8.05. The van der Waals surface area contributed by atoms with Gasteiger partial charge in [0.15, 0.2) is 0 Å². The number of carbonyl (C=O) groups excluding carboxylic acids is 1. The van der Waals surface area contributed by atoms with Crippen molar-refractivity contribution >= 4 is 5.91 Å². The lowest BCUT2D eigenvalue weighted by molar-refractivity contribution is -0.125. The van der Waals surface area contributed by atoms with Crippen LogP contribution >= 0.6 is 0 Å². The molecular weight excluding hydrogens is 168 g/mol. The smallest absolute Gasteiger partial charge is 0.224 e. The van der Waals surface area contributed by atoms with E-state index >= 15 is 0 Å². The topological polar surface area (TPSA) is 61.4 Å². The van der Waals surface area contributed by atoms with E-state index in [9.17, 15) is 4.79 Å². The monoisotopic (exact) mass is 186 g/mol. The van der Waals surface area contributed by atoms with Gasteiger partial charge in [-0.25, -0.2) is 0 Å². The predicted octanol–water partition coefficient (Wildman–Crippen LogP) is -0.517. The molecule has 1 saturated heterocycles. The summed E-state index contributed by atoms with van der Waals surface area (Å²) in [5, 5.41) is 14.9. The fourth-order valence-corrected chi connectivity index (χ4v) is 1.47. The maximum atomic E-state index is 11.4. The van der Waals surface area contributed by atoms with E-state index in [1.165, 1.54) is 0 Å². The lowest BCUT2D eigenvalue weighted by Gasteiger charge is -2.22. The van der Waals surface area contributed by atoms with E-state index < -0.39 is 6.10 Å².